The number of aromatic nitrogens is 2. The second-order valence-electron chi connectivity index (χ2n) is 14.3. The van der Waals surface area contributed by atoms with Crippen LogP contribution >= 0.6 is 0 Å². The fraction of sp³-hybridized carbons (Fsp3) is 0.275. The quantitative estimate of drug-likeness (QED) is 0.110. The Labute approximate surface area is 307 Å². The molecule has 0 spiro atoms. The molecule has 4 aromatic carbocycles. The summed E-state index contributed by atoms with van der Waals surface area (Å²) in [6.07, 6.45) is 2.22. The van der Waals surface area contributed by atoms with Crippen LogP contribution in [0.1, 0.15) is 57.8 Å². The van der Waals surface area contributed by atoms with Crippen molar-refractivity contribution in [1.82, 2.24) is 9.78 Å². The lowest BCUT2D eigenvalue weighted by atomic mass is 10.0. The number of aryl methyl sites for hydroxylation is 1. The van der Waals surface area contributed by atoms with Gasteiger partial charge in [0.1, 0.15) is 5.60 Å². The highest BCUT2D eigenvalue weighted by molar-refractivity contribution is 6.12. The van der Waals surface area contributed by atoms with Crippen molar-refractivity contribution in [3.8, 4) is 11.1 Å². The van der Waals surface area contributed by atoms with Gasteiger partial charge in [-0.15, -0.1) is 0 Å². The molecule has 2 aliphatic rings. The van der Waals surface area contributed by atoms with E-state index < -0.39 is 11.7 Å². The molecule has 13 heteroatoms. The lowest BCUT2D eigenvalue weighted by Gasteiger charge is -2.20. The number of para-hydroxylation sites is 2. The number of amides is 4. The van der Waals surface area contributed by atoms with Crippen LogP contribution in [0.25, 0.3) is 22.0 Å². The Kier molecular flexibility index (Phi) is 10.4. The summed E-state index contributed by atoms with van der Waals surface area (Å²) in [5, 5.41) is 23.5. The molecule has 0 fully saturated rings. The van der Waals surface area contributed by atoms with E-state index in [1.165, 1.54) is 0 Å². The van der Waals surface area contributed by atoms with E-state index in [9.17, 15) is 19.2 Å². The number of fused-ring (bicyclic) bond motifs is 3. The van der Waals surface area contributed by atoms with E-state index in [0.717, 1.165) is 33.4 Å². The van der Waals surface area contributed by atoms with Gasteiger partial charge in [0.15, 0.2) is 0 Å². The van der Waals surface area contributed by atoms with Crippen molar-refractivity contribution in [2.75, 3.05) is 31.9 Å². The van der Waals surface area contributed by atoms with Crippen molar-refractivity contribution in [3.05, 3.63) is 90.6 Å². The topological polar surface area (TPSA) is 168 Å². The highest BCUT2D eigenvalue weighted by atomic mass is 16.6. The first-order valence-corrected chi connectivity index (χ1v) is 17.4. The Balaban J connectivity index is 0.000000181. The maximum absolute atomic E-state index is 12.8. The van der Waals surface area contributed by atoms with Crippen molar-refractivity contribution in [3.63, 3.8) is 0 Å². The number of rotatable bonds is 4. The molecule has 0 saturated carbocycles. The summed E-state index contributed by atoms with van der Waals surface area (Å²) in [5.74, 6) is -0.308. The molecule has 1 aromatic heterocycles. The van der Waals surface area contributed by atoms with E-state index in [4.69, 9.17) is 4.74 Å². The standard InChI is InChI=1S/C21H25N3O3.C19H19N5O2/c1-13-12-18(25)24-17-7-5-6-16(19(17)22-13)14-8-10-15(11-9-14)23-20(26)27-21(2,3)4;1-11-8-17(25)22-15-5-3-4-14(18(15)20-11)19(26)21-13-7-6-12-10-24(2)23-16(12)9-13/h5-11,13,22H,12H2,1-4H3,(H,23,26)(H,24,25);3-7,9-11,20H,8H2,1-2H3,(H,21,26)(H,22,25). The first-order chi connectivity index (χ1) is 25.2. The van der Waals surface area contributed by atoms with Gasteiger partial charge in [0.25, 0.3) is 5.91 Å². The number of hydrogen-bond acceptors (Lipinski definition) is 8. The number of nitrogens with one attached hydrogen (secondary N) is 6. The van der Waals surface area contributed by atoms with E-state index in [1.807, 2.05) is 109 Å². The van der Waals surface area contributed by atoms with Gasteiger partial charge in [-0.05, 0) is 88.7 Å². The average Bonchev–Trinajstić information content (AvgIpc) is 3.27. The maximum atomic E-state index is 12.8. The largest absolute Gasteiger partial charge is 0.444 e. The number of anilines is 6. The molecule has 2 aliphatic heterocycles. The first-order valence-electron chi connectivity index (χ1n) is 17.4. The Morgan fingerprint density at radius 2 is 1.40 bits per heavy atom. The lowest BCUT2D eigenvalue weighted by molar-refractivity contribution is -0.117. The van der Waals surface area contributed by atoms with Crippen LogP contribution in [0.3, 0.4) is 0 Å². The highest BCUT2D eigenvalue weighted by Gasteiger charge is 2.23. The van der Waals surface area contributed by atoms with Crippen LogP contribution in [0.15, 0.2) is 85.1 Å². The predicted octanol–water partition coefficient (Wildman–Crippen LogP) is 7.81. The van der Waals surface area contributed by atoms with Gasteiger partial charge in [-0.3, -0.25) is 24.4 Å². The summed E-state index contributed by atoms with van der Waals surface area (Å²) >= 11 is 0. The zero-order chi connectivity index (χ0) is 37.9. The van der Waals surface area contributed by atoms with Crippen LogP contribution in [0.2, 0.25) is 0 Å². The Morgan fingerprint density at radius 1 is 0.792 bits per heavy atom. The van der Waals surface area contributed by atoms with Crippen molar-refractivity contribution < 1.29 is 23.9 Å². The fourth-order valence-corrected chi connectivity index (χ4v) is 6.18. The Bertz CT molecular complexity index is 2190. The van der Waals surface area contributed by atoms with Gasteiger partial charge < -0.3 is 31.3 Å². The summed E-state index contributed by atoms with van der Waals surface area (Å²) in [4.78, 5) is 48.6. The zero-order valence-corrected chi connectivity index (χ0v) is 30.6. The monoisotopic (exact) mass is 716 g/mol. The minimum Gasteiger partial charge on any atom is -0.444 e. The fourth-order valence-electron chi connectivity index (χ4n) is 6.18. The van der Waals surface area contributed by atoms with E-state index in [-0.39, 0.29) is 29.8 Å². The third-order valence-corrected chi connectivity index (χ3v) is 8.41. The summed E-state index contributed by atoms with van der Waals surface area (Å²) in [6.45, 7) is 9.37. The third kappa shape index (κ3) is 9.11. The van der Waals surface area contributed by atoms with E-state index in [1.54, 1.807) is 22.9 Å². The normalized spacial score (nSPS) is 16.4. The van der Waals surface area contributed by atoms with Crippen molar-refractivity contribution >= 4 is 68.8 Å². The predicted molar refractivity (Wildman–Crippen MR) is 210 cm³/mol. The molecule has 0 aliphatic carbocycles. The Morgan fingerprint density at radius 3 is 2.06 bits per heavy atom. The number of benzene rings is 4. The van der Waals surface area contributed by atoms with Crippen LogP contribution in [-0.4, -0.2) is 51.3 Å². The second kappa shape index (κ2) is 15.1. The van der Waals surface area contributed by atoms with Crippen LogP contribution in [0.5, 0.6) is 0 Å². The van der Waals surface area contributed by atoms with Gasteiger partial charge in [0, 0.05) is 60.5 Å². The number of carbonyl (C=O) groups excluding carboxylic acids is 4. The van der Waals surface area contributed by atoms with E-state index in [2.05, 4.69) is 37.0 Å². The molecule has 7 rings (SSSR count). The second-order valence-corrected chi connectivity index (χ2v) is 14.3. The van der Waals surface area contributed by atoms with Crippen molar-refractivity contribution in [1.29, 1.82) is 0 Å². The van der Waals surface area contributed by atoms with Crippen LogP contribution in [-0.2, 0) is 21.4 Å². The molecular formula is C40H44N8O5. The summed E-state index contributed by atoms with van der Waals surface area (Å²) in [5.41, 5.74) is 7.00. The molecule has 4 amide bonds. The van der Waals surface area contributed by atoms with Crippen LogP contribution in [0.4, 0.5) is 38.9 Å². The summed E-state index contributed by atoms with van der Waals surface area (Å²) < 4.78 is 7.00. The Hall–Kier alpha value is -6.37. The van der Waals surface area contributed by atoms with Gasteiger partial charge in [-0.1, -0.05) is 30.3 Å². The smallest absolute Gasteiger partial charge is 0.412 e. The molecule has 0 bridgehead atoms. The van der Waals surface area contributed by atoms with Gasteiger partial charge >= 0.3 is 6.09 Å². The highest BCUT2D eigenvalue weighted by Crippen LogP contribution is 2.37. The van der Waals surface area contributed by atoms with E-state index in [0.29, 0.717) is 41.2 Å². The molecule has 0 saturated heterocycles. The van der Waals surface area contributed by atoms with Gasteiger partial charge in [-0.25, -0.2) is 4.79 Å². The number of hydrogen-bond donors (Lipinski definition) is 6. The third-order valence-electron chi connectivity index (χ3n) is 8.41. The molecule has 2 unspecified atom stereocenters. The molecule has 5 aromatic rings. The van der Waals surface area contributed by atoms with Gasteiger partial charge in [-0.2, -0.15) is 5.10 Å². The zero-order valence-electron chi connectivity index (χ0n) is 30.6. The SMILES string of the molecule is CC1CC(=O)Nc2cccc(-c3ccc(NC(=O)OC(C)(C)C)cc3)c2N1.CC1CC(=O)Nc2cccc(C(=O)Nc3ccc4cn(C)nc4c3)c2N1. The lowest BCUT2D eigenvalue weighted by Crippen LogP contribution is -2.27. The molecule has 3 heterocycles. The average molecular weight is 717 g/mol. The van der Waals surface area contributed by atoms with Crippen molar-refractivity contribution in [2.24, 2.45) is 7.05 Å². The summed E-state index contributed by atoms with van der Waals surface area (Å²) in [6, 6.07) is 24.2. The van der Waals surface area contributed by atoms with E-state index >= 15 is 0 Å². The van der Waals surface area contributed by atoms with Crippen molar-refractivity contribution in [2.45, 2.75) is 65.1 Å². The molecular weight excluding hydrogens is 672 g/mol. The molecule has 0 radical (unpaired) electrons. The van der Waals surface area contributed by atoms with Crippen LogP contribution in [0, 0.1) is 0 Å². The van der Waals surface area contributed by atoms with Gasteiger partial charge in [0.05, 0.1) is 33.8 Å². The summed E-state index contributed by atoms with van der Waals surface area (Å²) in [7, 11) is 1.86. The molecule has 6 N–H and O–H groups in total. The molecule has 53 heavy (non-hydrogen) atoms. The van der Waals surface area contributed by atoms with Crippen LogP contribution < -0.4 is 31.9 Å². The maximum Gasteiger partial charge on any atom is 0.412 e. The van der Waals surface area contributed by atoms with Gasteiger partial charge in [0.2, 0.25) is 11.8 Å². The number of carbonyl (C=O) groups is 4. The number of ether oxygens (including phenoxy) is 1. The minimum absolute atomic E-state index is 0.00260. The minimum atomic E-state index is -0.543. The molecule has 13 nitrogen and oxygen atoms in total. The molecule has 2 atom stereocenters. The first kappa shape index (κ1) is 36.4. The number of nitrogens with zero attached hydrogens (tertiary/aromatic N) is 2. The molecule has 274 valence electrons.